The van der Waals surface area contributed by atoms with E-state index >= 15 is 0 Å². The predicted octanol–water partition coefficient (Wildman–Crippen LogP) is 7.19. The molecule has 1 amide bonds. The summed E-state index contributed by atoms with van der Waals surface area (Å²) in [6, 6.07) is 40.7. The molecule has 5 nitrogen and oxygen atoms in total. The third-order valence-corrected chi connectivity index (χ3v) is 7.23. The average molecular weight is 565 g/mol. The maximum Gasteiger partial charge on any atom is 0.407 e. The molecule has 0 bridgehead atoms. The van der Waals surface area contributed by atoms with Crippen molar-refractivity contribution in [2.75, 3.05) is 0 Å². The molecule has 4 rings (SSSR count). The topological polar surface area (TPSA) is 61.8 Å². The molecule has 5 heteroatoms. The molecule has 220 valence electrons. The van der Waals surface area contributed by atoms with E-state index < -0.39 is 17.8 Å². The SMILES string of the molecule is CC(C)(C)OC(=O)N[C@H](Cc1ccccc1)C[C@H](O)[C@H](Cc1ccccc1)N(Cc1ccccc1)Cc1ccccc1. The van der Waals surface area contributed by atoms with E-state index in [9.17, 15) is 9.90 Å². The number of hydrogen-bond acceptors (Lipinski definition) is 4. The van der Waals surface area contributed by atoms with Crippen LogP contribution < -0.4 is 5.32 Å². The Morgan fingerprint density at radius 2 is 1.10 bits per heavy atom. The molecular formula is C37H44N2O3. The number of benzene rings is 4. The second-order valence-corrected chi connectivity index (χ2v) is 12.0. The fraction of sp³-hybridized carbons (Fsp3) is 0.324. The Bertz CT molecular complexity index is 1280. The van der Waals surface area contributed by atoms with Gasteiger partial charge in [-0.1, -0.05) is 121 Å². The van der Waals surface area contributed by atoms with Gasteiger partial charge >= 0.3 is 6.09 Å². The molecule has 2 N–H and O–H groups in total. The first-order chi connectivity index (χ1) is 20.2. The van der Waals surface area contributed by atoms with E-state index in [1.54, 1.807) is 0 Å². The number of ether oxygens (including phenoxy) is 1. The summed E-state index contributed by atoms with van der Waals surface area (Å²) in [7, 11) is 0. The van der Waals surface area contributed by atoms with Crippen molar-refractivity contribution in [3.8, 4) is 0 Å². The molecule has 0 aliphatic carbocycles. The first-order valence-corrected chi connectivity index (χ1v) is 14.8. The highest BCUT2D eigenvalue weighted by Crippen LogP contribution is 2.23. The standard InChI is InChI=1S/C37H44N2O3/c1-37(2,3)42-36(41)38-33(24-29-16-8-4-9-17-29)26-35(40)34(25-30-18-10-5-11-19-30)39(27-31-20-12-6-13-21-31)28-32-22-14-7-15-23-32/h4-23,33-35,40H,24-28H2,1-3H3,(H,38,41)/t33-,34+,35+/m1/s1. The van der Waals surface area contributed by atoms with Crippen LogP contribution in [0, 0.1) is 0 Å². The Hall–Kier alpha value is -3.93. The van der Waals surface area contributed by atoms with Gasteiger partial charge in [0, 0.05) is 25.2 Å². The highest BCUT2D eigenvalue weighted by atomic mass is 16.6. The van der Waals surface area contributed by atoms with Gasteiger partial charge in [0.05, 0.1) is 6.10 Å². The summed E-state index contributed by atoms with van der Waals surface area (Å²) in [5, 5.41) is 15.1. The van der Waals surface area contributed by atoms with E-state index in [1.807, 2.05) is 69.3 Å². The Balaban J connectivity index is 1.64. The van der Waals surface area contributed by atoms with Gasteiger partial charge in [-0.2, -0.15) is 0 Å². The third kappa shape index (κ3) is 10.5. The highest BCUT2D eigenvalue weighted by Gasteiger charge is 2.30. The van der Waals surface area contributed by atoms with Gasteiger partial charge in [0.2, 0.25) is 0 Å². The van der Waals surface area contributed by atoms with Crippen molar-refractivity contribution in [2.24, 2.45) is 0 Å². The number of nitrogens with zero attached hydrogens (tertiary/aromatic N) is 1. The summed E-state index contributed by atoms with van der Waals surface area (Å²) >= 11 is 0. The zero-order chi connectivity index (χ0) is 29.8. The number of amides is 1. The van der Waals surface area contributed by atoms with Gasteiger partial charge in [0.15, 0.2) is 0 Å². The molecule has 0 aliphatic rings. The van der Waals surface area contributed by atoms with Crippen LogP contribution in [0.5, 0.6) is 0 Å². The van der Waals surface area contributed by atoms with Gasteiger partial charge in [-0.15, -0.1) is 0 Å². The summed E-state index contributed by atoms with van der Waals surface area (Å²) in [4.78, 5) is 15.3. The molecule has 0 saturated heterocycles. The van der Waals surface area contributed by atoms with Crippen molar-refractivity contribution in [1.82, 2.24) is 10.2 Å². The van der Waals surface area contributed by atoms with Crippen molar-refractivity contribution in [1.29, 1.82) is 0 Å². The van der Waals surface area contributed by atoms with Gasteiger partial charge in [-0.3, -0.25) is 4.90 Å². The summed E-state index contributed by atoms with van der Waals surface area (Å²) < 4.78 is 5.61. The van der Waals surface area contributed by atoms with Crippen molar-refractivity contribution in [2.45, 2.75) is 76.9 Å². The minimum atomic E-state index is -0.721. The highest BCUT2D eigenvalue weighted by molar-refractivity contribution is 5.68. The minimum Gasteiger partial charge on any atom is -0.444 e. The van der Waals surface area contributed by atoms with E-state index in [4.69, 9.17) is 4.74 Å². The largest absolute Gasteiger partial charge is 0.444 e. The minimum absolute atomic E-state index is 0.202. The Kier molecular flexibility index (Phi) is 11.3. The Labute approximate surface area is 251 Å². The van der Waals surface area contributed by atoms with Crippen molar-refractivity contribution < 1.29 is 14.6 Å². The second kappa shape index (κ2) is 15.3. The number of aliphatic hydroxyl groups excluding tert-OH is 1. The van der Waals surface area contributed by atoms with Crippen LogP contribution in [-0.2, 0) is 30.7 Å². The first kappa shape index (κ1) is 31.0. The lowest BCUT2D eigenvalue weighted by Crippen LogP contribution is -2.49. The maximum atomic E-state index is 12.9. The molecule has 4 aromatic carbocycles. The summed E-state index contributed by atoms with van der Waals surface area (Å²) in [6.45, 7) is 6.94. The van der Waals surface area contributed by atoms with Crippen LogP contribution in [0.2, 0.25) is 0 Å². The lowest BCUT2D eigenvalue weighted by atomic mass is 9.92. The third-order valence-electron chi connectivity index (χ3n) is 7.23. The Morgan fingerprint density at radius 3 is 1.52 bits per heavy atom. The van der Waals surface area contributed by atoms with E-state index in [-0.39, 0.29) is 12.1 Å². The second-order valence-electron chi connectivity index (χ2n) is 12.0. The smallest absolute Gasteiger partial charge is 0.407 e. The van der Waals surface area contributed by atoms with Crippen LogP contribution in [0.1, 0.15) is 49.4 Å². The van der Waals surface area contributed by atoms with Gasteiger partial charge < -0.3 is 15.2 Å². The number of hydrogen-bond donors (Lipinski definition) is 2. The molecule has 0 saturated carbocycles. The molecule has 0 radical (unpaired) electrons. The van der Waals surface area contributed by atoms with Crippen LogP contribution >= 0.6 is 0 Å². The molecular weight excluding hydrogens is 520 g/mol. The molecule has 42 heavy (non-hydrogen) atoms. The van der Waals surface area contributed by atoms with Crippen LogP contribution in [-0.4, -0.2) is 39.9 Å². The maximum absolute atomic E-state index is 12.9. The molecule has 0 heterocycles. The number of carbonyl (C=O) groups excluding carboxylic acids is 1. The number of carbonyl (C=O) groups is 1. The van der Waals surface area contributed by atoms with Gasteiger partial charge in [-0.05, 0) is 62.3 Å². The number of rotatable bonds is 13. The zero-order valence-electron chi connectivity index (χ0n) is 25.0. The molecule has 0 spiro atoms. The van der Waals surface area contributed by atoms with Crippen LogP contribution in [0.3, 0.4) is 0 Å². The van der Waals surface area contributed by atoms with E-state index in [1.165, 1.54) is 11.1 Å². The quantitative estimate of drug-likeness (QED) is 0.180. The van der Waals surface area contributed by atoms with Crippen molar-refractivity contribution in [3.05, 3.63) is 144 Å². The van der Waals surface area contributed by atoms with E-state index in [2.05, 4.69) is 83.0 Å². The fourth-order valence-electron chi connectivity index (χ4n) is 5.31. The molecule has 0 aliphatic heterocycles. The normalized spacial score (nSPS) is 13.7. The molecule has 4 aromatic rings. The predicted molar refractivity (Wildman–Crippen MR) is 170 cm³/mol. The molecule has 0 unspecified atom stereocenters. The summed E-state index contributed by atoms with van der Waals surface area (Å²) in [5.74, 6) is 0. The number of aliphatic hydroxyl groups is 1. The summed E-state index contributed by atoms with van der Waals surface area (Å²) in [6.07, 6.45) is 0.451. The number of nitrogens with one attached hydrogen (secondary N) is 1. The molecule has 0 fully saturated rings. The lowest BCUT2D eigenvalue weighted by Gasteiger charge is -2.37. The summed E-state index contributed by atoms with van der Waals surface area (Å²) in [5.41, 5.74) is 4.01. The molecule has 0 aromatic heterocycles. The average Bonchev–Trinajstić information content (AvgIpc) is 2.96. The van der Waals surface area contributed by atoms with Gasteiger partial charge in [-0.25, -0.2) is 4.79 Å². The zero-order valence-corrected chi connectivity index (χ0v) is 25.0. The number of alkyl carbamates (subject to hydrolysis) is 1. The lowest BCUT2D eigenvalue weighted by molar-refractivity contribution is 0.0234. The Morgan fingerprint density at radius 1 is 0.690 bits per heavy atom. The molecule has 3 atom stereocenters. The van der Waals surface area contributed by atoms with Gasteiger partial charge in [0.1, 0.15) is 5.60 Å². The first-order valence-electron chi connectivity index (χ1n) is 14.8. The fourth-order valence-corrected chi connectivity index (χ4v) is 5.31. The van der Waals surface area contributed by atoms with Crippen LogP contribution in [0.25, 0.3) is 0 Å². The van der Waals surface area contributed by atoms with Gasteiger partial charge in [0.25, 0.3) is 0 Å². The van der Waals surface area contributed by atoms with Crippen molar-refractivity contribution in [3.63, 3.8) is 0 Å². The van der Waals surface area contributed by atoms with E-state index in [0.29, 0.717) is 32.4 Å². The monoisotopic (exact) mass is 564 g/mol. The van der Waals surface area contributed by atoms with Crippen LogP contribution in [0.4, 0.5) is 4.79 Å². The van der Waals surface area contributed by atoms with Crippen LogP contribution in [0.15, 0.2) is 121 Å². The van der Waals surface area contributed by atoms with Crippen molar-refractivity contribution >= 4 is 6.09 Å². The van der Waals surface area contributed by atoms with E-state index in [0.717, 1.165) is 11.1 Å².